The van der Waals surface area contributed by atoms with Crippen molar-refractivity contribution in [3.63, 3.8) is 0 Å². The van der Waals surface area contributed by atoms with Crippen LogP contribution in [-0.4, -0.2) is 20.6 Å². The van der Waals surface area contributed by atoms with E-state index in [4.69, 9.17) is 15.2 Å². The second kappa shape index (κ2) is 7.38. The van der Waals surface area contributed by atoms with Crippen molar-refractivity contribution in [2.24, 2.45) is 5.73 Å². The molecule has 0 saturated carbocycles. The Hall–Kier alpha value is -1.07. The average Bonchev–Trinajstić information content (AvgIpc) is 2.26. The van der Waals surface area contributed by atoms with Gasteiger partial charge in [-0.25, -0.2) is 8.78 Å². The van der Waals surface area contributed by atoms with Crippen molar-refractivity contribution in [2.45, 2.75) is 25.8 Å². The second-order valence-corrected chi connectivity index (χ2v) is 3.82. The van der Waals surface area contributed by atoms with Crippen molar-refractivity contribution in [1.29, 1.82) is 0 Å². The van der Waals surface area contributed by atoms with Crippen molar-refractivity contribution >= 4 is 12.4 Å². The van der Waals surface area contributed by atoms with Gasteiger partial charge < -0.3 is 15.2 Å². The van der Waals surface area contributed by atoms with Crippen LogP contribution in [0, 0.1) is 6.92 Å². The molecule has 104 valence electrons. The molecule has 0 unspecified atom stereocenters. The van der Waals surface area contributed by atoms with Gasteiger partial charge in [0.15, 0.2) is 0 Å². The van der Waals surface area contributed by atoms with Crippen LogP contribution in [0.3, 0.4) is 0 Å². The number of methoxy groups -OCH3 is 2. The van der Waals surface area contributed by atoms with Crippen molar-refractivity contribution in [1.82, 2.24) is 0 Å². The molecule has 1 aromatic rings. The lowest BCUT2D eigenvalue weighted by Gasteiger charge is -2.19. The highest BCUT2D eigenvalue weighted by atomic mass is 35.5. The summed E-state index contributed by atoms with van der Waals surface area (Å²) in [6.45, 7) is 1.87. The van der Waals surface area contributed by atoms with E-state index in [-0.39, 0.29) is 12.4 Å². The second-order valence-electron chi connectivity index (χ2n) is 3.82. The first-order valence-corrected chi connectivity index (χ1v) is 5.25. The van der Waals surface area contributed by atoms with E-state index in [0.29, 0.717) is 17.1 Å². The van der Waals surface area contributed by atoms with E-state index >= 15 is 0 Å². The van der Waals surface area contributed by atoms with E-state index in [2.05, 4.69) is 0 Å². The Labute approximate surface area is 112 Å². The molecule has 0 bridgehead atoms. The third-order valence-electron chi connectivity index (χ3n) is 2.49. The van der Waals surface area contributed by atoms with Crippen molar-refractivity contribution in [3.05, 3.63) is 23.3 Å². The smallest absolute Gasteiger partial charge is 0.240 e. The van der Waals surface area contributed by atoms with Crippen LogP contribution in [0.1, 0.15) is 23.6 Å². The molecule has 0 aliphatic carbocycles. The maximum atomic E-state index is 12.4. The van der Waals surface area contributed by atoms with Crippen LogP contribution in [0.15, 0.2) is 12.1 Å². The van der Waals surface area contributed by atoms with E-state index in [9.17, 15) is 8.78 Å². The Balaban J connectivity index is 0.00000289. The van der Waals surface area contributed by atoms with Crippen molar-refractivity contribution in [3.8, 4) is 11.5 Å². The number of halogens is 3. The lowest BCUT2D eigenvalue weighted by molar-refractivity contribution is 0.127. The molecule has 0 fully saturated rings. The van der Waals surface area contributed by atoms with E-state index < -0.39 is 18.9 Å². The summed E-state index contributed by atoms with van der Waals surface area (Å²) in [6.07, 6.45) is -2.88. The van der Waals surface area contributed by atoms with E-state index in [1.165, 1.54) is 14.2 Å². The normalized spacial score (nSPS) is 11.9. The maximum Gasteiger partial charge on any atom is 0.240 e. The average molecular weight is 282 g/mol. The highest BCUT2D eigenvalue weighted by Gasteiger charge is 2.21. The Morgan fingerprint density at radius 3 is 1.94 bits per heavy atom. The van der Waals surface area contributed by atoms with E-state index in [0.717, 1.165) is 5.56 Å². The predicted molar refractivity (Wildman–Crippen MR) is 69.1 cm³/mol. The number of alkyl halides is 2. The van der Waals surface area contributed by atoms with Crippen LogP contribution in [0.4, 0.5) is 8.78 Å². The zero-order chi connectivity index (χ0) is 13.0. The van der Waals surface area contributed by atoms with Crippen LogP contribution in [0.5, 0.6) is 11.5 Å². The Kier molecular flexibility index (Phi) is 6.94. The van der Waals surface area contributed by atoms with Crippen LogP contribution < -0.4 is 15.2 Å². The number of benzene rings is 1. The largest absolute Gasteiger partial charge is 0.496 e. The molecule has 0 amide bonds. The number of nitrogens with two attached hydrogens (primary N) is 1. The van der Waals surface area contributed by atoms with Gasteiger partial charge in [0.1, 0.15) is 11.5 Å². The summed E-state index contributed by atoms with van der Waals surface area (Å²) in [5.41, 5.74) is 7.17. The molecular weight excluding hydrogens is 264 g/mol. The number of rotatable bonds is 5. The van der Waals surface area contributed by atoms with Crippen molar-refractivity contribution in [2.75, 3.05) is 14.2 Å². The topological polar surface area (TPSA) is 44.5 Å². The molecule has 3 nitrogen and oxygen atoms in total. The number of hydrogen-bond donors (Lipinski definition) is 1. The van der Waals surface area contributed by atoms with E-state index in [1.807, 2.05) is 6.92 Å². The summed E-state index contributed by atoms with van der Waals surface area (Å²) < 4.78 is 35.1. The first kappa shape index (κ1) is 16.9. The highest BCUT2D eigenvalue weighted by molar-refractivity contribution is 5.85. The van der Waals surface area contributed by atoms with Gasteiger partial charge in [-0.2, -0.15) is 0 Å². The van der Waals surface area contributed by atoms with Gasteiger partial charge >= 0.3 is 0 Å². The predicted octanol–water partition coefficient (Wildman–Crippen LogP) is 3.09. The Morgan fingerprint density at radius 2 is 1.61 bits per heavy atom. The molecule has 1 atom stereocenters. The molecule has 1 rings (SSSR count). The fourth-order valence-corrected chi connectivity index (χ4v) is 1.75. The van der Waals surface area contributed by atoms with Crippen LogP contribution in [0.2, 0.25) is 0 Å². The third-order valence-corrected chi connectivity index (χ3v) is 2.49. The molecule has 0 aromatic heterocycles. The Morgan fingerprint density at radius 1 is 1.17 bits per heavy atom. The molecule has 18 heavy (non-hydrogen) atoms. The quantitative estimate of drug-likeness (QED) is 0.902. The lowest BCUT2D eigenvalue weighted by Crippen LogP contribution is -2.16. The minimum Gasteiger partial charge on any atom is -0.496 e. The molecule has 0 saturated heterocycles. The minimum atomic E-state index is -2.46. The van der Waals surface area contributed by atoms with Gasteiger partial charge in [0.2, 0.25) is 6.43 Å². The fourth-order valence-electron chi connectivity index (χ4n) is 1.75. The molecule has 1 aromatic carbocycles. The van der Waals surface area contributed by atoms with Gasteiger partial charge in [-0.05, 0) is 24.6 Å². The summed E-state index contributed by atoms with van der Waals surface area (Å²) in [5.74, 6) is 0.963. The lowest BCUT2D eigenvalue weighted by atomic mass is 10.0. The summed E-state index contributed by atoms with van der Waals surface area (Å²) in [7, 11) is 2.96. The van der Waals surface area contributed by atoms with Gasteiger partial charge in [0, 0.05) is 12.5 Å². The number of aryl methyl sites for hydroxylation is 1. The summed E-state index contributed by atoms with van der Waals surface area (Å²) >= 11 is 0. The van der Waals surface area contributed by atoms with Crippen LogP contribution >= 0.6 is 12.4 Å². The molecule has 0 spiro atoms. The summed E-state index contributed by atoms with van der Waals surface area (Å²) in [4.78, 5) is 0. The molecular formula is C12H18ClF2NO2. The molecule has 2 N–H and O–H groups in total. The molecule has 6 heteroatoms. The fraction of sp³-hybridized carbons (Fsp3) is 0.500. The molecule has 0 radical (unpaired) electrons. The number of hydrogen-bond acceptors (Lipinski definition) is 3. The van der Waals surface area contributed by atoms with Crippen LogP contribution in [0.25, 0.3) is 0 Å². The van der Waals surface area contributed by atoms with Gasteiger partial charge in [-0.1, -0.05) is 0 Å². The first-order valence-electron chi connectivity index (χ1n) is 5.25. The Bertz CT molecular complexity index is 363. The monoisotopic (exact) mass is 281 g/mol. The van der Waals surface area contributed by atoms with Gasteiger partial charge in [-0.15, -0.1) is 12.4 Å². The minimum absolute atomic E-state index is 0. The summed E-state index contributed by atoms with van der Waals surface area (Å²) in [6, 6.07) is 2.70. The first-order chi connectivity index (χ1) is 7.99. The van der Waals surface area contributed by atoms with Crippen LogP contribution in [-0.2, 0) is 0 Å². The molecule has 0 heterocycles. The third kappa shape index (κ3) is 3.99. The van der Waals surface area contributed by atoms with Gasteiger partial charge in [0.25, 0.3) is 0 Å². The zero-order valence-corrected chi connectivity index (χ0v) is 11.4. The zero-order valence-electron chi connectivity index (χ0n) is 10.6. The number of ether oxygens (including phenoxy) is 2. The van der Waals surface area contributed by atoms with E-state index in [1.54, 1.807) is 12.1 Å². The summed E-state index contributed by atoms with van der Waals surface area (Å²) in [5, 5.41) is 0. The molecule has 0 aliphatic rings. The SMILES string of the molecule is COc1cc(C)cc(OC)c1[C@@H](N)CC(F)F.Cl. The van der Waals surface area contributed by atoms with Crippen molar-refractivity contribution < 1.29 is 18.3 Å². The van der Waals surface area contributed by atoms with Gasteiger partial charge in [0.05, 0.1) is 19.8 Å². The van der Waals surface area contributed by atoms with Gasteiger partial charge in [-0.3, -0.25) is 0 Å². The standard InChI is InChI=1S/C12H17F2NO2.ClH/c1-7-4-9(16-2)12(10(5-7)17-3)8(15)6-11(13)14;/h4-5,8,11H,6,15H2,1-3H3;1H/t8-;/m0./s1. The molecule has 0 aliphatic heterocycles. The maximum absolute atomic E-state index is 12.4. The highest BCUT2D eigenvalue weighted by Crippen LogP contribution is 2.36.